The van der Waals surface area contributed by atoms with Gasteiger partial charge in [0.1, 0.15) is 18.1 Å². The van der Waals surface area contributed by atoms with Crippen LogP contribution >= 0.6 is 0 Å². The van der Waals surface area contributed by atoms with Crippen LogP contribution in [0, 0.1) is 17.8 Å². The van der Waals surface area contributed by atoms with Gasteiger partial charge in [0.15, 0.2) is 0 Å². The Morgan fingerprint density at radius 3 is 1.95 bits per heavy atom. The van der Waals surface area contributed by atoms with Gasteiger partial charge in [-0.2, -0.15) is 0 Å². The van der Waals surface area contributed by atoms with Gasteiger partial charge in [-0.3, -0.25) is 14.4 Å². The first-order chi connectivity index (χ1) is 18.4. The van der Waals surface area contributed by atoms with E-state index in [9.17, 15) is 24.3 Å². The zero-order valence-electron chi connectivity index (χ0n) is 23.9. The number of rotatable bonds is 15. The molecular formula is C29H45N5O5. The lowest BCUT2D eigenvalue weighted by atomic mass is 9.94. The molecule has 0 saturated heterocycles. The Morgan fingerprint density at radius 2 is 1.41 bits per heavy atom. The fourth-order valence-electron chi connectivity index (χ4n) is 4.49. The molecule has 0 radical (unpaired) electrons. The van der Waals surface area contributed by atoms with Crippen LogP contribution in [0.4, 0.5) is 0 Å². The van der Waals surface area contributed by atoms with Crippen molar-refractivity contribution in [2.75, 3.05) is 0 Å². The number of benzene rings is 1. The van der Waals surface area contributed by atoms with Crippen molar-refractivity contribution in [3.05, 3.63) is 36.0 Å². The molecule has 6 atom stereocenters. The first kappa shape index (κ1) is 31.8. The summed E-state index contributed by atoms with van der Waals surface area (Å²) in [5, 5.41) is 18.7. The maximum absolute atomic E-state index is 13.5. The molecule has 10 nitrogen and oxygen atoms in total. The summed E-state index contributed by atoms with van der Waals surface area (Å²) in [7, 11) is 0. The number of nitrogens with two attached hydrogens (primary N) is 1. The van der Waals surface area contributed by atoms with E-state index in [0.29, 0.717) is 12.8 Å². The third-order valence-corrected chi connectivity index (χ3v) is 7.36. The third kappa shape index (κ3) is 8.81. The van der Waals surface area contributed by atoms with Crippen LogP contribution in [0.5, 0.6) is 0 Å². The maximum atomic E-state index is 13.5. The number of carboxylic acid groups (broad SMARTS) is 1. The summed E-state index contributed by atoms with van der Waals surface area (Å²) in [4.78, 5) is 54.6. The van der Waals surface area contributed by atoms with E-state index < -0.39 is 47.9 Å². The predicted molar refractivity (Wildman–Crippen MR) is 152 cm³/mol. The predicted octanol–water partition coefficient (Wildman–Crippen LogP) is 2.72. The Morgan fingerprint density at radius 1 is 0.872 bits per heavy atom. The second kappa shape index (κ2) is 14.7. The molecule has 2 aromatic rings. The van der Waals surface area contributed by atoms with Crippen molar-refractivity contribution in [2.24, 2.45) is 23.5 Å². The molecule has 39 heavy (non-hydrogen) atoms. The number of nitrogens with one attached hydrogen (secondary N) is 4. The second-order valence-electron chi connectivity index (χ2n) is 10.9. The van der Waals surface area contributed by atoms with Gasteiger partial charge in [-0.25, -0.2) is 4.79 Å². The topological polar surface area (TPSA) is 166 Å². The summed E-state index contributed by atoms with van der Waals surface area (Å²) in [6.07, 6.45) is 3.56. The van der Waals surface area contributed by atoms with Gasteiger partial charge in [-0.05, 0) is 42.2 Å². The zero-order valence-corrected chi connectivity index (χ0v) is 23.9. The van der Waals surface area contributed by atoms with Gasteiger partial charge in [0, 0.05) is 17.1 Å². The molecule has 0 fully saturated rings. The monoisotopic (exact) mass is 543 g/mol. The van der Waals surface area contributed by atoms with E-state index >= 15 is 0 Å². The summed E-state index contributed by atoms with van der Waals surface area (Å²) in [5.74, 6) is -3.10. The van der Waals surface area contributed by atoms with Crippen molar-refractivity contribution in [2.45, 2.75) is 91.4 Å². The van der Waals surface area contributed by atoms with Crippen LogP contribution in [-0.2, 0) is 25.6 Å². The summed E-state index contributed by atoms with van der Waals surface area (Å²) >= 11 is 0. The maximum Gasteiger partial charge on any atom is 0.326 e. The molecule has 10 heteroatoms. The number of amides is 3. The number of carboxylic acids is 1. The Bertz CT molecular complexity index is 1130. The van der Waals surface area contributed by atoms with E-state index in [1.807, 2.05) is 72.0 Å². The van der Waals surface area contributed by atoms with Crippen LogP contribution < -0.4 is 21.7 Å². The third-order valence-electron chi connectivity index (χ3n) is 7.36. The van der Waals surface area contributed by atoms with E-state index in [1.165, 1.54) is 0 Å². The Hall–Kier alpha value is -3.40. The fourth-order valence-corrected chi connectivity index (χ4v) is 4.49. The molecule has 3 amide bonds. The zero-order chi connectivity index (χ0) is 29.3. The van der Waals surface area contributed by atoms with Gasteiger partial charge in [-0.15, -0.1) is 0 Å². The van der Waals surface area contributed by atoms with Crippen molar-refractivity contribution in [1.29, 1.82) is 0 Å². The van der Waals surface area contributed by atoms with E-state index in [-0.39, 0.29) is 30.6 Å². The van der Waals surface area contributed by atoms with Gasteiger partial charge < -0.3 is 31.8 Å². The summed E-state index contributed by atoms with van der Waals surface area (Å²) < 4.78 is 0. The van der Waals surface area contributed by atoms with Crippen LogP contribution in [0.2, 0.25) is 0 Å². The van der Waals surface area contributed by atoms with Crippen LogP contribution in [0.3, 0.4) is 0 Å². The highest BCUT2D eigenvalue weighted by atomic mass is 16.4. The number of hydrogen-bond donors (Lipinski definition) is 6. The van der Waals surface area contributed by atoms with Crippen molar-refractivity contribution < 1.29 is 24.3 Å². The lowest BCUT2D eigenvalue weighted by Crippen LogP contribution is -2.60. The molecule has 0 aliphatic heterocycles. The molecule has 0 bridgehead atoms. The van der Waals surface area contributed by atoms with E-state index in [4.69, 9.17) is 5.73 Å². The average Bonchev–Trinajstić information content (AvgIpc) is 3.30. The molecule has 1 aromatic heterocycles. The molecule has 0 aliphatic rings. The first-order valence-electron chi connectivity index (χ1n) is 13.8. The van der Waals surface area contributed by atoms with E-state index in [0.717, 1.165) is 16.5 Å². The summed E-state index contributed by atoms with van der Waals surface area (Å²) in [6.45, 7) is 11.2. The van der Waals surface area contributed by atoms with Gasteiger partial charge in [0.05, 0.1) is 6.04 Å². The minimum absolute atomic E-state index is 0.0569. The Kier molecular flexibility index (Phi) is 12.0. The van der Waals surface area contributed by atoms with Crippen molar-refractivity contribution in [3.8, 4) is 0 Å². The highest BCUT2D eigenvalue weighted by Crippen LogP contribution is 2.19. The second-order valence-corrected chi connectivity index (χ2v) is 10.9. The van der Waals surface area contributed by atoms with Crippen LogP contribution in [0.15, 0.2) is 30.5 Å². The van der Waals surface area contributed by atoms with Gasteiger partial charge in [0.25, 0.3) is 0 Å². The highest BCUT2D eigenvalue weighted by Gasteiger charge is 2.34. The number of carbonyl (C=O) groups excluding carboxylic acids is 3. The molecule has 1 aromatic carbocycles. The molecule has 0 saturated carbocycles. The standard InChI is InChI=1S/C29H45N5O5/c1-7-17(5)24(27(36)32-23(29(38)39)13-16(3)4)34-28(37)25(18(6)8-2)33-26(35)21(30)14-19-15-31-22-12-10-9-11-20(19)22/h9-12,15-18,21,23-25,31H,7-8,13-14,30H2,1-6H3,(H,32,36)(H,33,35)(H,34,37)(H,38,39). The largest absolute Gasteiger partial charge is 0.480 e. The van der Waals surface area contributed by atoms with Crippen molar-refractivity contribution >= 4 is 34.6 Å². The molecular weight excluding hydrogens is 498 g/mol. The lowest BCUT2D eigenvalue weighted by molar-refractivity contribution is -0.143. The first-order valence-corrected chi connectivity index (χ1v) is 13.8. The molecule has 2 rings (SSSR count). The minimum atomic E-state index is -1.12. The Labute approximate surface area is 230 Å². The molecule has 0 aliphatic carbocycles. The minimum Gasteiger partial charge on any atom is -0.480 e. The van der Waals surface area contributed by atoms with Gasteiger partial charge >= 0.3 is 5.97 Å². The number of H-pyrrole nitrogens is 1. The van der Waals surface area contributed by atoms with E-state index in [2.05, 4.69) is 20.9 Å². The normalized spacial score (nSPS) is 16.1. The van der Waals surface area contributed by atoms with Crippen LogP contribution in [0.25, 0.3) is 10.9 Å². The number of aromatic nitrogens is 1. The quantitative estimate of drug-likeness (QED) is 0.202. The van der Waals surface area contributed by atoms with Crippen LogP contribution in [0.1, 0.15) is 66.4 Å². The number of aromatic amines is 1. The van der Waals surface area contributed by atoms with Crippen molar-refractivity contribution in [1.82, 2.24) is 20.9 Å². The number of fused-ring (bicyclic) bond motifs is 1. The van der Waals surface area contributed by atoms with Crippen molar-refractivity contribution in [3.63, 3.8) is 0 Å². The van der Waals surface area contributed by atoms with Crippen LogP contribution in [-0.4, -0.2) is 57.9 Å². The lowest BCUT2D eigenvalue weighted by Gasteiger charge is -2.30. The number of aliphatic carboxylic acids is 1. The summed E-state index contributed by atoms with van der Waals surface area (Å²) in [6, 6.07) is 3.92. The van der Waals surface area contributed by atoms with Gasteiger partial charge in [-0.1, -0.05) is 72.6 Å². The molecule has 216 valence electrons. The number of hydrogen-bond acceptors (Lipinski definition) is 5. The highest BCUT2D eigenvalue weighted by molar-refractivity contribution is 5.94. The Balaban J connectivity index is 2.16. The molecule has 7 N–H and O–H groups in total. The SMILES string of the molecule is CCC(C)C(NC(=O)C(N)Cc1c[nH]c2ccccc12)C(=O)NC(C(=O)NC(CC(C)C)C(=O)O)C(C)CC. The fraction of sp³-hybridized carbons (Fsp3) is 0.586. The molecule has 6 unspecified atom stereocenters. The smallest absolute Gasteiger partial charge is 0.326 e. The average molecular weight is 544 g/mol. The molecule has 1 heterocycles. The van der Waals surface area contributed by atoms with E-state index in [1.54, 1.807) is 0 Å². The number of carbonyl (C=O) groups is 4. The van der Waals surface area contributed by atoms with Gasteiger partial charge in [0.2, 0.25) is 17.7 Å². The summed E-state index contributed by atoms with van der Waals surface area (Å²) in [5.41, 5.74) is 8.11. The molecule has 0 spiro atoms. The number of para-hydroxylation sites is 1.